The maximum atomic E-state index is 4.75. The summed E-state index contributed by atoms with van der Waals surface area (Å²) in [6, 6.07) is 0.519. The number of aromatic nitrogens is 1. The van der Waals surface area contributed by atoms with Gasteiger partial charge in [-0.25, -0.2) is 4.98 Å². The maximum Gasteiger partial charge on any atom is 0.185 e. The number of rotatable bonds is 4. The highest BCUT2D eigenvalue weighted by atomic mass is 32.1. The van der Waals surface area contributed by atoms with Crippen molar-refractivity contribution in [2.24, 2.45) is 11.8 Å². The minimum Gasteiger partial charge on any atom is -0.348 e. The third kappa shape index (κ3) is 3.45. The molecule has 1 aliphatic rings. The van der Waals surface area contributed by atoms with E-state index in [-0.39, 0.29) is 0 Å². The smallest absolute Gasteiger partial charge is 0.185 e. The highest BCUT2D eigenvalue weighted by Gasteiger charge is 2.24. The summed E-state index contributed by atoms with van der Waals surface area (Å²) in [6.07, 6.45) is 1.29. The maximum absolute atomic E-state index is 4.75. The van der Waals surface area contributed by atoms with Gasteiger partial charge in [0.2, 0.25) is 0 Å². The van der Waals surface area contributed by atoms with Gasteiger partial charge in [0.25, 0.3) is 0 Å². The molecule has 1 saturated heterocycles. The molecule has 1 N–H and O–H groups in total. The van der Waals surface area contributed by atoms with Gasteiger partial charge in [-0.2, -0.15) is 0 Å². The Bertz CT molecular complexity index is 375. The predicted molar refractivity (Wildman–Crippen MR) is 79.2 cm³/mol. The zero-order valence-corrected chi connectivity index (χ0v) is 12.8. The van der Waals surface area contributed by atoms with Gasteiger partial charge in [-0.3, -0.25) is 0 Å². The number of hydrogen-bond donors (Lipinski definition) is 1. The van der Waals surface area contributed by atoms with Crippen LogP contribution < -0.4 is 10.2 Å². The quantitative estimate of drug-likeness (QED) is 0.908. The Hall–Kier alpha value is -0.610. The monoisotopic (exact) mass is 267 g/mol. The summed E-state index contributed by atoms with van der Waals surface area (Å²) < 4.78 is 0. The second-order valence-corrected chi connectivity index (χ2v) is 6.68. The van der Waals surface area contributed by atoms with Crippen molar-refractivity contribution in [3.63, 3.8) is 0 Å². The summed E-state index contributed by atoms with van der Waals surface area (Å²) in [4.78, 5) is 7.20. The number of hydrogen-bond acceptors (Lipinski definition) is 4. The fraction of sp³-hybridized carbons (Fsp3) is 0.786. The molecule has 0 bridgehead atoms. The van der Waals surface area contributed by atoms with Gasteiger partial charge >= 0.3 is 0 Å². The third-order valence-corrected chi connectivity index (χ3v) is 4.79. The predicted octanol–water partition coefficient (Wildman–Crippen LogP) is 3.12. The minimum absolute atomic E-state index is 0.519. The van der Waals surface area contributed by atoms with Gasteiger partial charge < -0.3 is 10.2 Å². The molecular weight excluding hydrogens is 242 g/mol. The third-order valence-electron chi connectivity index (χ3n) is 3.84. The molecule has 0 amide bonds. The standard InChI is InChI=1S/C14H25N3S/c1-10(2)15-7-13-9-18-14(16-13)17-6-5-11(3)12(4)8-17/h9-12,15H,5-8H2,1-4H3. The van der Waals surface area contributed by atoms with Crippen LogP contribution in [0.15, 0.2) is 5.38 Å². The van der Waals surface area contributed by atoms with E-state index in [2.05, 4.69) is 43.3 Å². The van der Waals surface area contributed by atoms with E-state index in [1.807, 2.05) is 0 Å². The van der Waals surface area contributed by atoms with Crippen molar-refractivity contribution in [3.8, 4) is 0 Å². The van der Waals surface area contributed by atoms with Gasteiger partial charge in [-0.1, -0.05) is 27.7 Å². The Balaban J connectivity index is 1.93. The Labute approximate surface area is 115 Å². The zero-order valence-electron chi connectivity index (χ0n) is 11.9. The molecule has 2 atom stereocenters. The molecule has 0 aliphatic carbocycles. The Morgan fingerprint density at radius 1 is 1.44 bits per heavy atom. The van der Waals surface area contributed by atoms with Crippen LogP contribution in [-0.4, -0.2) is 24.1 Å². The molecule has 0 saturated carbocycles. The second-order valence-electron chi connectivity index (χ2n) is 5.85. The highest BCUT2D eigenvalue weighted by Crippen LogP contribution is 2.29. The topological polar surface area (TPSA) is 28.2 Å². The lowest BCUT2D eigenvalue weighted by molar-refractivity contribution is 0.323. The summed E-state index contributed by atoms with van der Waals surface area (Å²) in [5, 5.41) is 6.81. The van der Waals surface area contributed by atoms with Crippen molar-refractivity contribution in [3.05, 3.63) is 11.1 Å². The van der Waals surface area contributed by atoms with Crippen molar-refractivity contribution in [2.75, 3.05) is 18.0 Å². The van der Waals surface area contributed by atoms with Crippen LogP contribution in [0.25, 0.3) is 0 Å². The Kier molecular flexibility index (Phi) is 4.62. The second kappa shape index (κ2) is 6.02. The first-order valence-electron chi connectivity index (χ1n) is 6.99. The minimum atomic E-state index is 0.519. The summed E-state index contributed by atoms with van der Waals surface area (Å²) in [5.74, 6) is 1.63. The molecule has 1 fully saturated rings. The zero-order chi connectivity index (χ0) is 13.1. The van der Waals surface area contributed by atoms with Crippen molar-refractivity contribution < 1.29 is 0 Å². The lowest BCUT2D eigenvalue weighted by atomic mass is 9.89. The lowest BCUT2D eigenvalue weighted by Crippen LogP contribution is -2.38. The molecule has 2 rings (SSSR count). The van der Waals surface area contributed by atoms with E-state index in [0.717, 1.165) is 31.5 Å². The van der Waals surface area contributed by atoms with E-state index in [4.69, 9.17) is 4.98 Å². The molecule has 0 radical (unpaired) electrons. The summed E-state index contributed by atoms with van der Waals surface area (Å²) >= 11 is 1.79. The van der Waals surface area contributed by atoms with Gasteiger partial charge in [0.1, 0.15) is 0 Å². The molecule has 1 aromatic rings. The van der Waals surface area contributed by atoms with E-state index < -0.39 is 0 Å². The number of piperidine rings is 1. The molecular formula is C14H25N3S. The summed E-state index contributed by atoms with van der Waals surface area (Å²) in [7, 11) is 0. The van der Waals surface area contributed by atoms with Crippen LogP contribution >= 0.6 is 11.3 Å². The van der Waals surface area contributed by atoms with Crippen molar-refractivity contribution >= 4 is 16.5 Å². The number of nitrogens with one attached hydrogen (secondary N) is 1. The first-order chi connectivity index (χ1) is 8.56. The van der Waals surface area contributed by atoms with Crippen LogP contribution in [0.5, 0.6) is 0 Å². The number of thiazole rings is 1. The number of nitrogens with zero attached hydrogens (tertiary/aromatic N) is 2. The van der Waals surface area contributed by atoms with Gasteiger partial charge in [0.05, 0.1) is 5.69 Å². The number of anilines is 1. The van der Waals surface area contributed by atoms with Crippen molar-refractivity contribution in [2.45, 2.75) is 46.7 Å². The lowest BCUT2D eigenvalue weighted by Gasteiger charge is -2.35. The first-order valence-corrected chi connectivity index (χ1v) is 7.87. The molecule has 2 heterocycles. The summed E-state index contributed by atoms with van der Waals surface area (Å²) in [5.41, 5.74) is 1.18. The average Bonchev–Trinajstić information content (AvgIpc) is 2.79. The average molecular weight is 267 g/mol. The van der Waals surface area contributed by atoms with Gasteiger partial charge in [-0.05, 0) is 18.3 Å². The largest absolute Gasteiger partial charge is 0.348 e. The molecule has 2 unspecified atom stereocenters. The van der Waals surface area contributed by atoms with E-state index >= 15 is 0 Å². The van der Waals surface area contributed by atoms with Crippen LogP contribution in [0.4, 0.5) is 5.13 Å². The molecule has 4 heteroatoms. The molecule has 102 valence electrons. The van der Waals surface area contributed by atoms with Gasteiger partial charge in [-0.15, -0.1) is 11.3 Å². The molecule has 18 heavy (non-hydrogen) atoms. The fourth-order valence-electron chi connectivity index (χ4n) is 2.27. The van der Waals surface area contributed by atoms with E-state index in [9.17, 15) is 0 Å². The van der Waals surface area contributed by atoms with Crippen molar-refractivity contribution in [1.82, 2.24) is 10.3 Å². The highest BCUT2D eigenvalue weighted by molar-refractivity contribution is 7.13. The van der Waals surface area contributed by atoms with E-state index in [1.54, 1.807) is 11.3 Å². The SMILES string of the molecule is CC(C)NCc1csc(N2CCC(C)C(C)C2)n1. The molecule has 3 nitrogen and oxygen atoms in total. The first kappa shape index (κ1) is 13.8. The van der Waals surface area contributed by atoms with Crippen LogP contribution in [0.1, 0.15) is 39.8 Å². The van der Waals surface area contributed by atoms with Crippen LogP contribution in [0, 0.1) is 11.8 Å². The van der Waals surface area contributed by atoms with E-state index in [0.29, 0.717) is 6.04 Å². The van der Waals surface area contributed by atoms with Crippen molar-refractivity contribution in [1.29, 1.82) is 0 Å². The molecule has 1 aromatic heterocycles. The Morgan fingerprint density at radius 3 is 2.89 bits per heavy atom. The molecule has 0 spiro atoms. The van der Waals surface area contributed by atoms with E-state index in [1.165, 1.54) is 17.2 Å². The fourth-order valence-corrected chi connectivity index (χ4v) is 3.13. The molecule has 1 aliphatic heterocycles. The molecule has 0 aromatic carbocycles. The van der Waals surface area contributed by atoms with Crippen LogP contribution in [0.2, 0.25) is 0 Å². The van der Waals surface area contributed by atoms with Crippen LogP contribution in [-0.2, 0) is 6.54 Å². The van der Waals surface area contributed by atoms with Gasteiger partial charge in [0, 0.05) is 31.1 Å². The van der Waals surface area contributed by atoms with Gasteiger partial charge in [0.15, 0.2) is 5.13 Å². The summed E-state index contributed by atoms with van der Waals surface area (Å²) in [6.45, 7) is 12.3. The van der Waals surface area contributed by atoms with Crippen LogP contribution in [0.3, 0.4) is 0 Å². The normalized spacial score (nSPS) is 24.8. The Morgan fingerprint density at radius 2 is 2.22 bits per heavy atom.